The molecular formula is C16H11Cl2F3N2O. The van der Waals surface area contributed by atoms with Crippen molar-refractivity contribution in [2.45, 2.75) is 19.2 Å². The fourth-order valence-corrected chi connectivity index (χ4v) is 2.81. The van der Waals surface area contributed by atoms with Crippen molar-refractivity contribution in [1.82, 2.24) is 4.98 Å². The van der Waals surface area contributed by atoms with Crippen LogP contribution in [0.15, 0.2) is 30.3 Å². The van der Waals surface area contributed by atoms with Crippen molar-refractivity contribution in [1.29, 1.82) is 0 Å². The molecule has 0 spiro atoms. The Balaban J connectivity index is 1.86. The van der Waals surface area contributed by atoms with Crippen molar-refractivity contribution in [2.24, 2.45) is 0 Å². The molecule has 0 aliphatic heterocycles. The number of fused-ring (bicyclic) bond motifs is 1. The Kier molecular flexibility index (Phi) is 4.60. The molecule has 8 heteroatoms. The van der Waals surface area contributed by atoms with Crippen molar-refractivity contribution in [3.63, 3.8) is 0 Å². The summed E-state index contributed by atoms with van der Waals surface area (Å²) in [5.74, 6) is 0.0573. The van der Waals surface area contributed by atoms with E-state index in [2.05, 4.69) is 21.1 Å². The maximum atomic E-state index is 12.2. The van der Waals surface area contributed by atoms with E-state index in [-0.39, 0.29) is 5.02 Å². The number of halogens is 5. The topological polar surface area (TPSA) is 34.1 Å². The Hall–Kier alpha value is -1.92. The van der Waals surface area contributed by atoms with Crippen LogP contribution in [0.25, 0.3) is 11.1 Å². The van der Waals surface area contributed by atoms with E-state index in [0.717, 1.165) is 24.1 Å². The Morgan fingerprint density at radius 1 is 1.12 bits per heavy atom. The molecule has 1 aromatic heterocycles. The zero-order chi connectivity index (χ0) is 17.3. The first kappa shape index (κ1) is 16.9. The average molecular weight is 375 g/mol. The van der Waals surface area contributed by atoms with Gasteiger partial charge in [0.25, 0.3) is 0 Å². The van der Waals surface area contributed by atoms with Gasteiger partial charge in [0.05, 0.1) is 10.4 Å². The quantitative estimate of drug-likeness (QED) is 0.869. The normalized spacial score (nSPS) is 14.0. The van der Waals surface area contributed by atoms with Crippen molar-refractivity contribution in [3.05, 3.63) is 45.9 Å². The predicted octanol–water partition coefficient (Wildman–Crippen LogP) is 4.30. The van der Waals surface area contributed by atoms with E-state index < -0.39 is 12.1 Å². The molecule has 0 bridgehead atoms. The maximum absolute atomic E-state index is 12.2. The molecule has 126 valence electrons. The molecule has 0 amide bonds. The van der Waals surface area contributed by atoms with E-state index in [1.165, 1.54) is 12.1 Å². The summed E-state index contributed by atoms with van der Waals surface area (Å²) < 4.78 is 40.6. The van der Waals surface area contributed by atoms with Gasteiger partial charge in [0.2, 0.25) is 0 Å². The minimum Gasteiger partial charge on any atom is -0.404 e. The number of nitrogens with zero attached hydrogens (tertiary/aromatic N) is 1. The third-order valence-electron chi connectivity index (χ3n) is 3.34. The van der Waals surface area contributed by atoms with Crippen LogP contribution in [0.2, 0.25) is 5.02 Å². The zero-order valence-electron chi connectivity index (χ0n) is 12.1. The standard InChI is InChI=1S/C16H11Cl2F3N2O/c17-11-3-1-2-9-4-7-14(23-15(9)11)22-10-5-6-13(12(18)8-10)24-16(19,20)21/h2,4-8H,1,3H2,(H,22,23). The molecule has 0 unspecified atom stereocenters. The third kappa shape index (κ3) is 3.94. The van der Waals surface area contributed by atoms with E-state index in [1.54, 1.807) is 6.07 Å². The molecule has 0 saturated heterocycles. The van der Waals surface area contributed by atoms with Gasteiger partial charge in [-0.3, -0.25) is 0 Å². The molecular weight excluding hydrogens is 364 g/mol. The Labute approximate surface area is 145 Å². The molecule has 1 aromatic carbocycles. The van der Waals surface area contributed by atoms with Crippen LogP contribution in [0, 0.1) is 0 Å². The lowest BCUT2D eigenvalue weighted by Gasteiger charge is -2.12. The molecule has 0 radical (unpaired) electrons. The van der Waals surface area contributed by atoms with Crippen molar-refractivity contribution < 1.29 is 17.9 Å². The van der Waals surface area contributed by atoms with Crippen LogP contribution in [-0.4, -0.2) is 11.3 Å². The highest BCUT2D eigenvalue weighted by Crippen LogP contribution is 2.32. The number of benzene rings is 1. The van der Waals surface area contributed by atoms with Gasteiger partial charge in [-0.1, -0.05) is 29.3 Å². The van der Waals surface area contributed by atoms with Gasteiger partial charge in [-0.2, -0.15) is 0 Å². The number of alkyl halides is 3. The second-order valence-corrected chi connectivity index (χ2v) is 5.96. The van der Waals surface area contributed by atoms with Crippen LogP contribution >= 0.6 is 23.2 Å². The number of hydrogen-bond acceptors (Lipinski definition) is 3. The second-order valence-electron chi connectivity index (χ2n) is 5.10. The molecule has 3 nitrogen and oxygen atoms in total. The number of anilines is 2. The van der Waals surface area contributed by atoms with Gasteiger partial charge >= 0.3 is 6.36 Å². The molecule has 24 heavy (non-hydrogen) atoms. The van der Waals surface area contributed by atoms with E-state index in [4.69, 9.17) is 23.2 Å². The van der Waals surface area contributed by atoms with Crippen LogP contribution in [-0.2, 0) is 0 Å². The van der Waals surface area contributed by atoms with Crippen molar-refractivity contribution in [3.8, 4) is 5.75 Å². The van der Waals surface area contributed by atoms with Crippen LogP contribution in [0.1, 0.15) is 12.8 Å². The molecule has 1 aliphatic rings. The van der Waals surface area contributed by atoms with Gasteiger partial charge in [0, 0.05) is 10.7 Å². The molecule has 0 atom stereocenters. The number of pyridine rings is 1. The fraction of sp³-hybridized carbons (Fsp3) is 0.188. The molecule has 0 fully saturated rings. The summed E-state index contributed by atoms with van der Waals surface area (Å²) in [5, 5.41) is 5.18. The molecule has 1 heterocycles. The highest BCUT2D eigenvalue weighted by molar-refractivity contribution is 6.45. The maximum Gasteiger partial charge on any atom is 0.573 e. The number of ether oxygens (including phenoxy) is 1. The Bertz CT molecular complexity index is 897. The van der Waals surface area contributed by atoms with Crippen LogP contribution in [0.5, 0.6) is 5.75 Å². The monoisotopic (exact) mass is 374 g/mol. The second kappa shape index (κ2) is 6.53. The number of nitrogens with one attached hydrogen (secondary N) is 1. The van der Waals surface area contributed by atoms with E-state index in [1.807, 2.05) is 6.07 Å². The van der Waals surface area contributed by atoms with Crippen LogP contribution in [0.4, 0.5) is 24.7 Å². The predicted molar refractivity (Wildman–Crippen MR) is 87.9 cm³/mol. The Morgan fingerprint density at radius 2 is 1.92 bits per heavy atom. The summed E-state index contributed by atoms with van der Waals surface area (Å²) in [6.45, 7) is 0. The number of rotatable bonds is 3. The summed E-state index contributed by atoms with van der Waals surface area (Å²) in [6.07, 6.45) is -1.13. The van der Waals surface area contributed by atoms with Crippen LogP contribution in [0.3, 0.4) is 0 Å². The summed E-state index contributed by atoms with van der Waals surface area (Å²) >= 11 is 12.0. The summed E-state index contributed by atoms with van der Waals surface area (Å²) in [4.78, 5) is 4.44. The van der Waals surface area contributed by atoms with Gasteiger partial charge in [-0.05, 0) is 48.4 Å². The fourth-order valence-electron chi connectivity index (χ4n) is 2.33. The van der Waals surface area contributed by atoms with Gasteiger partial charge < -0.3 is 10.1 Å². The number of hydrogen-bond donors (Lipinski definition) is 1. The molecule has 2 aromatic rings. The van der Waals surface area contributed by atoms with Crippen LogP contribution < -0.4 is 20.6 Å². The van der Waals surface area contributed by atoms with Gasteiger partial charge in [-0.25, -0.2) is 4.98 Å². The third-order valence-corrected chi connectivity index (χ3v) is 4.00. The zero-order valence-corrected chi connectivity index (χ0v) is 13.6. The first-order valence-corrected chi connectivity index (χ1v) is 7.76. The summed E-state index contributed by atoms with van der Waals surface area (Å²) in [7, 11) is 0. The molecule has 1 aliphatic carbocycles. The minimum absolute atomic E-state index is 0.159. The van der Waals surface area contributed by atoms with Gasteiger partial charge in [0.1, 0.15) is 11.6 Å². The van der Waals surface area contributed by atoms with Crippen molar-refractivity contribution >= 4 is 45.8 Å². The summed E-state index contributed by atoms with van der Waals surface area (Å²) in [5.41, 5.74) is 0.484. The number of aromatic nitrogens is 1. The van der Waals surface area contributed by atoms with E-state index in [9.17, 15) is 13.2 Å². The average Bonchev–Trinajstić information content (AvgIpc) is 2.50. The van der Waals surface area contributed by atoms with E-state index >= 15 is 0 Å². The lowest BCUT2D eigenvalue weighted by molar-refractivity contribution is -0.274. The first-order chi connectivity index (χ1) is 11.3. The van der Waals surface area contributed by atoms with Gasteiger partial charge in [-0.15, -0.1) is 13.2 Å². The smallest absolute Gasteiger partial charge is 0.404 e. The molecule has 0 saturated carbocycles. The Morgan fingerprint density at radius 3 is 2.62 bits per heavy atom. The van der Waals surface area contributed by atoms with Crippen molar-refractivity contribution in [2.75, 3.05) is 5.32 Å². The van der Waals surface area contributed by atoms with E-state index in [0.29, 0.717) is 21.9 Å². The minimum atomic E-state index is -4.79. The molecule has 3 rings (SSSR count). The highest BCUT2D eigenvalue weighted by atomic mass is 35.5. The summed E-state index contributed by atoms with van der Waals surface area (Å²) in [6, 6.07) is 7.55. The van der Waals surface area contributed by atoms with Gasteiger partial charge in [0.15, 0.2) is 0 Å². The lowest BCUT2D eigenvalue weighted by atomic mass is 10.1. The first-order valence-electron chi connectivity index (χ1n) is 7.00. The lowest BCUT2D eigenvalue weighted by Crippen LogP contribution is -2.31. The highest BCUT2D eigenvalue weighted by Gasteiger charge is 2.32. The molecule has 1 N–H and O–H groups in total. The largest absolute Gasteiger partial charge is 0.573 e. The SMILES string of the molecule is FC(F)(F)Oc1ccc(Nc2ccc3c(n2)=C(Cl)CCC=3)cc1Cl.